The van der Waals surface area contributed by atoms with E-state index in [-0.39, 0.29) is 11.1 Å². The number of carbonyl (C=O) groups is 2. The highest BCUT2D eigenvalue weighted by molar-refractivity contribution is 6.74. The zero-order valence-corrected chi connectivity index (χ0v) is 14.1. The summed E-state index contributed by atoms with van der Waals surface area (Å²) in [6.45, 7) is 12.3. The second-order valence-electron chi connectivity index (χ2n) is 7.64. The van der Waals surface area contributed by atoms with Crippen molar-refractivity contribution in [3.05, 3.63) is 12.2 Å². The first-order chi connectivity index (χ1) is 8.97. The van der Waals surface area contributed by atoms with Crippen LogP contribution >= 0.6 is 0 Å². The van der Waals surface area contributed by atoms with Gasteiger partial charge in [0.25, 0.3) is 0 Å². The Kier molecular flexibility index (Phi) is 3.30. The fourth-order valence-corrected chi connectivity index (χ4v) is 4.06. The Balaban J connectivity index is 2.49. The van der Waals surface area contributed by atoms with Crippen LogP contribution in [0.3, 0.4) is 0 Å². The first-order valence-electron chi connectivity index (χ1n) is 7.04. The molecule has 0 N–H and O–H groups in total. The SMILES string of the molecule is CC(C)(C)[Si](C)(C)O[C@]12C=C[C@H](C[C@]1(C)C=O)OC2=O. The van der Waals surface area contributed by atoms with Gasteiger partial charge in [0.2, 0.25) is 0 Å². The van der Waals surface area contributed by atoms with Crippen molar-refractivity contribution in [3.63, 3.8) is 0 Å². The van der Waals surface area contributed by atoms with Crippen molar-refractivity contribution < 1.29 is 18.8 Å². The summed E-state index contributed by atoms with van der Waals surface area (Å²) in [6.07, 6.45) is 4.65. The third kappa shape index (κ3) is 1.99. The van der Waals surface area contributed by atoms with Crippen LogP contribution in [-0.4, -0.2) is 32.3 Å². The van der Waals surface area contributed by atoms with Crippen LogP contribution in [0.2, 0.25) is 18.1 Å². The molecule has 2 aliphatic heterocycles. The molecule has 0 radical (unpaired) electrons. The van der Waals surface area contributed by atoms with E-state index in [0.717, 1.165) is 6.29 Å². The lowest BCUT2D eigenvalue weighted by Gasteiger charge is -2.54. The maximum Gasteiger partial charge on any atom is 0.343 e. The number of rotatable bonds is 3. The summed E-state index contributed by atoms with van der Waals surface area (Å²) in [7, 11) is -2.22. The molecule has 0 spiro atoms. The molecular weight excluding hydrogens is 272 g/mol. The van der Waals surface area contributed by atoms with E-state index < -0.39 is 25.3 Å². The van der Waals surface area contributed by atoms with Crippen molar-refractivity contribution in [2.45, 2.75) is 64.0 Å². The molecule has 112 valence electrons. The summed E-state index contributed by atoms with van der Waals surface area (Å²) in [5.74, 6) is -0.421. The highest BCUT2D eigenvalue weighted by Crippen LogP contribution is 2.51. The van der Waals surface area contributed by atoms with Gasteiger partial charge in [-0.1, -0.05) is 20.8 Å². The molecule has 3 aliphatic rings. The average molecular weight is 296 g/mol. The van der Waals surface area contributed by atoms with E-state index in [0.29, 0.717) is 6.42 Å². The molecule has 1 saturated heterocycles. The third-order valence-electron chi connectivity index (χ3n) is 5.06. The van der Waals surface area contributed by atoms with E-state index in [1.54, 1.807) is 13.0 Å². The number of esters is 1. The predicted molar refractivity (Wildman–Crippen MR) is 78.8 cm³/mol. The molecule has 0 amide bonds. The van der Waals surface area contributed by atoms with E-state index >= 15 is 0 Å². The molecule has 2 bridgehead atoms. The van der Waals surface area contributed by atoms with Crippen LogP contribution in [0.4, 0.5) is 0 Å². The van der Waals surface area contributed by atoms with Crippen molar-refractivity contribution >= 4 is 20.6 Å². The lowest BCUT2D eigenvalue weighted by Crippen LogP contribution is -2.67. The molecule has 0 aromatic rings. The minimum atomic E-state index is -2.22. The topological polar surface area (TPSA) is 52.6 Å². The minimum Gasteiger partial charge on any atom is -0.456 e. The summed E-state index contributed by atoms with van der Waals surface area (Å²) < 4.78 is 11.7. The molecule has 5 heteroatoms. The van der Waals surface area contributed by atoms with Gasteiger partial charge in [-0.2, -0.15) is 0 Å². The van der Waals surface area contributed by atoms with E-state index in [2.05, 4.69) is 33.9 Å². The second kappa shape index (κ2) is 4.27. The van der Waals surface area contributed by atoms with Gasteiger partial charge in [-0.3, -0.25) is 0 Å². The Morgan fingerprint density at radius 1 is 1.45 bits per heavy atom. The normalized spacial score (nSPS) is 36.9. The molecule has 0 unspecified atom stereocenters. The Bertz CT molecular complexity index is 477. The van der Waals surface area contributed by atoms with Crippen molar-refractivity contribution in [1.29, 1.82) is 0 Å². The molecule has 1 fully saturated rings. The first-order valence-corrected chi connectivity index (χ1v) is 9.95. The predicted octanol–water partition coefficient (Wildman–Crippen LogP) is 2.84. The van der Waals surface area contributed by atoms with Gasteiger partial charge < -0.3 is 14.0 Å². The van der Waals surface area contributed by atoms with Gasteiger partial charge in [-0.05, 0) is 37.2 Å². The lowest BCUT2D eigenvalue weighted by molar-refractivity contribution is -0.193. The number of hydrogen-bond acceptors (Lipinski definition) is 4. The van der Waals surface area contributed by atoms with Crippen molar-refractivity contribution in [2.75, 3.05) is 0 Å². The zero-order valence-electron chi connectivity index (χ0n) is 13.1. The standard InChI is InChI=1S/C15H24O4Si/c1-13(2,3)20(5,6)19-15-8-7-11(18-12(15)17)9-14(15,4)10-16/h7-8,10-11H,9H2,1-6H3/t11-,14-,15+/m1/s1. The summed E-state index contributed by atoms with van der Waals surface area (Å²) in [4.78, 5) is 24.1. The van der Waals surface area contributed by atoms with Crippen LogP contribution in [0.5, 0.6) is 0 Å². The maximum absolute atomic E-state index is 12.4. The van der Waals surface area contributed by atoms with Gasteiger partial charge in [0.1, 0.15) is 12.4 Å². The van der Waals surface area contributed by atoms with Crippen molar-refractivity contribution in [1.82, 2.24) is 0 Å². The second-order valence-corrected chi connectivity index (χ2v) is 12.4. The fourth-order valence-electron chi connectivity index (χ4n) is 2.56. The molecule has 0 aromatic heterocycles. The Labute approximate surface area is 121 Å². The Hall–Kier alpha value is -0.943. The monoisotopic (exact) mass is 296 g/mol. The molecular formula is C15H24O4Si. The van der Waals surface area contributed by atoms with Crippen molar-refractivity contribution in [3.8, 4) is 0 Å². The largest absolute Gasteiger partial charge is 0.456 e. The summed E-state index contributed by atoms with van der Waals surface area (Å²) in [5.41, 5.74) is -2.11. The van der Waals surface area contributed by atoms with Crippen LogP contribution in [0.1, 0.15) is 34.1 Å². The fraction of sp³-hybridized carbons (Fsp3) is 0.733. The number of carbonyl (C=O) groups excluding carboxylic acids is 2. The van der Waals surface area contributed by atoms with Gasteiger partial charge >= 0.3 is 5.97 Å². The molecule has 4 nitrogen and oxygen atoms in total. The lowest BCUT2D eigenvalue weighted by atomic mass is 9.65. The van der Waals surface area contributed by atoms with Crippen molar-refractivity contribution in [2.24, 2.45) is 5.41 Å². The van der Waals surface area contributed by atoms with E-state index in [1.165, 1.54) is 0 Å². The van der Waals surface area contributed by atoms with Gasteiger partial charge in [-0.25, -0.2) is 4.79 Å². The number of hydrogen-bond donors (Lipinski definition) is 0. The summed E-state index contributed by atoms with van der Waals surface area (Å²) in [6, 6.07) is 0. The Morgan fingerprint density at radius 3 is 2.50 bits per heavy atom. The Morgan fingerprint density at radius 2 is 2.05 bits per heavy atom. The minimum absolute atomic E-state index is 0.0477. The van der Waals surface area contributed by atoms with Gasteiger partial charge in [-0.15, -0.1) is 0 Å². The average Bonchev–Trinajstić information content (AvgIpc) is 2.30. The number of aldehydes is 1. The molecule has 0 saturated carbocycles. The van der Waals surface area contributed by atoms with Crippen LogP contribution in [0.25, 0.3) is 0 Å². The smallest absolute Gasteiger partial charge is 0.343 e. The highest BCUT2D eigenvalue weighted by Gasteiger charge is 2.64. The molecule has 2 heterocycles. The van der Waals surface area contributed by atoms with Crippen LogP contribution in [0, 0.1) is 5.41 Å². The van der Waals surface area contributed by atoms with Gasteiger partial charge in [0, 0.05) is 6.42 Å². The van der Waals surface area contributed by atoms with Crippen LogP contribution < -0.4 is 0 Å². The third-order valence-corrected chi connectivity index (χ3v) is 9.51. The molecule has 1 aliphatic carbocycles. The summed E-state index contributed by atoms with van der Waals surface area (Å²) in [5, 5.41) is -0.0477. The van der Waals surface area contributed by atoms with E-state index in [1.807, 2.05) is 6.08 Å². The quantitative estimate of drug-likeness (QED) is 0.348. The first kappa shape index (κ1) is 15.4. The highest BCUT2D eigenvalue weighted by atomic mass is 28.4. The molecule has 3 rings (SSSR count). The number of ether oxygens (including phenoxy) is 1. The van der Waals surface area contributed by atoms with E-state index in [9.17, 15) is 9.59 Å². The summed E-state index contributed by atoms with van der Waals surface area (Å²) >= 11 is 0. The van der Waals surface area contributed by atoms with Crippen LogP contribution in [-0.2, 0) is 18.8 Å². The molecule has 3 atom stereocenters. The van der Waals surface area contributed by atoms with E-state index in [4.69, 9.17) is 9.16 Å². The molecule has 0 aromatic carbocycles. The van der Waals surface area contributed by atoms with Gasteiger partial charge in [0.05, 0.1) is 5.41 Å². The maximum atomic E-state index is 12.4. The zero-order chi connectivity index (χ0) is 15.4. The number of fused-ring (bicyclic) bond motifs is 2. The van der Waals surface area contributed by atoms with Crippen LogP contribution in [0.15, 0.2) is 12.2 Å². The molecule has 20 heavy (non-hydrogen) atoms. The van der Waals surface area contributed by atoms with Gasteiger partial charge in [0.15, 0.2) is 13.9 Å².